The molecule has 6 nitrogen and oxygen atoms in total. The van der Waals surface area contributed by atoms with E-state index < -0.39 is 5.97 Å². The van der Waals surface area contributed by atoms with E-state index in [0.717, 1.165) is 0 Å². The number of halogens is 3. The first kappa shape index (κ1) is 24.0. The Morgan fingerprint density at radius 1 is 1.18 bits per heavy atom. The van der Waals surface area contributed by atoms with Crippen LogP contribution in [0.5, 0.6) is 11.5 Å². The molecule has 9 heteroatoms. The highest BCUT2D eigenvalue weighted by Crippen LogP contribution is 2.36. The third-order valence-corrected chi connectivity index (χ3v) is 4.67. The van der Waals surface area contributed by atoms with Gasteiger partial charge in [0.2, 0.25) is 0 Å². The van der Waals surface area contributed by atoms with Crippen molar-refractivity contribution in [2.45, 2.75) is 20.4 Å². The van der Waals surface area contributed by atoms with E-state index in [1.807, 2.05) is 0 Å². The summed E-state index contributed by atoms with van der Waals surface area (Å²) in [6.45, 7) is 3.35. The van der Waals surface area contributed by atoms with Crippen LogP contribution in [0.1, 0.15) is 34.0 Å². The number of phenols is 1. The maximum atomic E-state index is 12.8. The number of aromatic hydroxyl groups is 1. The topological polar surface area (TPSA) is 98.8 Å². The average molecular weight is 449 g/mol. The van der Waals surface area contributed by atoms with Gasteiger partial charge in [-0.3, -0.25) is 4.79 Å². The van der Waals surface area contributed by atoms with Gasteiger partial charge in [-0.15, -0.1) is 12.4 Å². The lowest BCUT2D eigenvalue weighted by molar-refractivity contribution is -0.145. The highest BCUT2D eigenvalue weighted by Gasteiger charge is 2.20. The summed E-state index contributed by atoms with van der Waals surface area (Å²) in [4.78, 5) is 24.2. The maximum absolute atomic E-state index is 12.8. The standard InChI is InChI=1S/C19H19Cl2NO5.ClH/c1-3-26-15(23)9-27-14-5-4-13(16(20)17(14)21)19(25)11-6-10(2)18(24)12(7-11)8-22;/h4-7,24H,3,8-9,22H2,1-2H3;1H. The molecule has 2 rings (SSSR count). The van der Waals surface area contributed by atoms with Gasteiger partial charge in [-0.1, -0.05) is 23.2 Å². The first-order chi connectivity index (χ1) is 12.8. The molecule has 28 heavy (non-hydrogen) atoms. The summed E-state index contributed by atoms with van der Waals surface area (Å²) < 4.78 is 10.1. The van der Waals surface area contributed by atoms with Crippen molar-refractivity contribution in [3.8, 4) is 11.5 Å². The molecule has 0 aliphatic heterocycles. The van der Waals surface area contributed by atoms with Crippen molar-refractivity contribution in [2.75, 3.05) is 13.2 Å². The Morgan fingerprint density at radius 2 is 1.86 bits per heavy atom. The number of ether oxygens (including phenoxy) is 2. The van der Waals surface area contributed by atoms with Crippen LogP contribution in [-0.2, 0) is 16.1 Å². The summed E-state index contributed by atoms with van der Waals surface area (Å²) in [5.41, 5.74) is 7.08. The van der Waals surface area contributed by atoms with Crippen molar-refractivity contribution >= 4 is 47.4 Å². The molecule has 3 N–H and O–H groups in total. The van der Waals surface area contributed by atoms with Crippen LogP contribution in [0.2, 0.25) is 10.0 Å². The maximum Gasteiger partial charge on any atom is 0.344 e. The largest absolute Gasteiger partial charge is 0.507 e. The molecule has 0 fully saturated rings. The van der Waals surface area contributed by atoms with Crippen molar-refractivity contribution < 1.29 is 24.2 Å². The summed E-state index contributed by atoms with van der Waals surface area (Å²) >= 11 is 12.4. The van der Waals surface area contributed by atoms with Gasteiger partial charge in [0.05, 0.1) is 11.6 Å². The summed E-state index contributed by atoms with van der Waals surface area (Å²) in [6.07, 6.45) is 0. The van der Waals surface area contributed by atoms with Gasteiger partial charge in [0, 0.05) is 23.2 Å². The molecule has 0 aliphatic carbocycles. The Kier molecular flexibility index (Phi) is 9.04. The average Bonchev–Trinajstić information content (AvgIpc) is 2.64. The van der Waals surface area contributed by atoms with Crippen LogP contribution < -0.4 is 10.5 Å². The van der Waals surface area contributed by atoms with Crippen LogP contribution in [0.3, 0.4) is 0 Å². The number of ketones is 1. The fourth-order valence-corrected chi connectivity index (χ4v) is 2.91. The number of carbonyl (C=O) groups is 2. The zero-order valence-electron chi connectivity index (χ0n) is 15.3. The number of rotatable bonds is 7. The number of esters is 1. The Balaban J connectivity index is 0.00000392. The number of nitrogens with two attached hydrogens (primary N) is 1. The van der Waals surface area contributed by atoms with Crippen molar-refractivity contribution in [2.24, 2.45) is 5.73 Å². The normalized spacial score (nSPS) is 10.2. The van der Waals surface area contributed by atoms with Crippen LogP contribution in [0, 0.1) is 6.92 Å². The molecule has 0 aliphatic rings. The fourth-order valence-electron chi connectivity index (χ4n) is 2.45. The molecule has 0 saturated heterocycles. The van der Waals surface area contributed by atoms with E-state index in [9.17, 15) is 14.7 Å². The lowest BCUT2D eigenvalue weighted by atomic mass is 9.98. The van der Waals surface area contributed by atoms with Gasteiger partial charge in [-0.25, -0.2) is 4.79 Å². The van der Waals surface area contributed by atoms with E-state index in [2.05, 4.69) is 0 Å². The number of carbonyl (C=O) groups excluding carboxylic acids is 2. The molecule has 0 amide bonds. The molecular formula is C19H20Cl3NO5. The first-order valence-corrected chi connectivity index (χ1v) is 8.89. The van der Waals surface area contributed by atoms with Gasteiger partial charge in [-0.2, -0.15) is 0 Å². The molecule has 0 radical (unpaired) electrons. The number of aryl methyl sites for hydroxylation is 1. The Labute approximate surface area is 178 Å². The third-order valence-electron chi connectivity index (χ3n) is 3.80. The molecule has 0 aromatic heterocycles. The van der Waals surface area contributed by atoms with E-state index in [4.69, 9.17) is 38.4 Å². The second-order valence-electron chi connectivity index (χ2n) is 5.67. The highest BCUT2D eigenvalue weighted by molar-refractivity contribution is 6.45. The predicted molar refractivity (Wildman–Crippen MR) is 110 cm³/mol. The number of hydrogen-bond donors (Lipinski definition) is 2. The molecule has 0 saturated carbocycles. The van der Waals surface area contributed by atoms with Crippen LogP contribution in [0.4, 0.5) is 0 Å². The van der Waals surface area contributed by atoms with Gasteiger partial charge < -0.3 is 20.3 Å². The monoisotopic (exact) mass is 447 g/mol. The van der Waals surface area contributed by atoms with E-state index in [-0.39, 0.29) is 65.1 Å². The van der Waals surface area contributed by atoms with E-state index in [0.29, 0.717) is 16.7 Å². The second kappa shape index (κ2) is 10.5. The molecular weight excluding hydrogens is 429 g/mol. The zero-order valence-corrected chi connectivity index (χ0v) is 17.6. The lowest BCUT2D eigenvalue weighted by Crippen LogP contribution is -2.15. The van der Waals surface area contributed by atoms with E-state index in [1.54, 1.807) is 19.9 Å². The Hall–Kier alpha value is -1.99. The van der Waals surface area contributed by atoms with E-state index >= 15 is 0 Å². The van der Waals surface area contributed by atoms with E-state index in [1.165, 1.54) is 18.2 Å². The smallest absolute Gasteiger partial charge is 0.344 e. The molecule has 2 aromatic rings. The lowest BCUT2D eigenvalue weighted by Gasteiger charge is -2.13. The molecule has 0 heterocycles. The van der Waals surface area contributed by atoms with Gasteiger partial charge >= 0.3 is 5.97 Å². The summed E-state index contributed by atoms with van der Waals surface area (Å²) in [5, 5.41) is 9.98. The van der Waals surface area contributed by atoms with Gasteiger partial charge in [0.15, 0.2) is 12.4 Å². The molecule has 152 valence electrons. The fraction of sp³-hybridized carbons (Fsp3) is 0.263. The van der Waals surface area contributed by atoms with Gasteiger partial charge in [0.1, 0.15) is 16.5 Å². The SMILES string of the molecule is CCOC(=O)COc1ccc(C(=O)c2cc(C)c(O)c(CN)c2)c(Cl)c1Cl.Cl. The minimum absolute atomic E-state index is 0. The van der Waals surface area contributed by atoms with Gasteiger partial charge in [-0.05, 0) is 43.7 Å². The second-order valence-corrected chi connectivity index (χ2v) is 6.42. The van der Waals surface area contributed by atoms with Crippen molar-refractivity contribution in [1.82, 2.24) is 0 Å². The Morgan fingerprint density at radius 3 is 2.46 bits per heavy atom. The summed E-state index contributed by atoms with van der Waals surface area (Å²) in [6, 6.07) is 5.98. The highest BCUT2D eigenvalue weighted by atomic mass is 35.5. The van der Waals surface area contributed by atoms with Crippen LogP contribution >= 0.6 is 35.6 Å². The zero-order chi connectivity index (χ0) is 20.1. The van der Waals surface area contributed by atoms with Crippen LogP contribution in [0.15, 0.2) is 24.3 Å². The minimum atomic E-state index is -0.543. The molecule has 2 aromatic carbocycles. The number of phenolic OH excluding ortho intramolecular Hbond substituents is 1. The van der Waals surface area contributed by atoms with Crippen molar-refractivity contribution in [1.29, 1.82) is 0 Å². The van der Waals surface area contributed by atoms with Crippen molar-refractivity contribution in [3.63, 3.8) is 0 Å². The first-order valence-electron chi connectivity index (χ1n) is 8.13. The quantitative estimate of drug-likeness (QED) is 0.489. The summed E-state index contributed by atoms with van der Waals surface area (Å²) in [7, 11) is 0. The number of hydrogen-bond acceptors (Lipinski definition) is 6. The predicted octanol–water partition coefficient (Wildman–Crippen LogP) is 4.06. The minimum Gasteiger partial charge on any atom is -0.507 e. The molecule has 0 atom stereocenters. The molecule has 0 spiro atoms. The molecule has 0 bridgehead atoms. The summed E-state index contributed by atoms with van der Waals surface area (Å²) in [5.74, 6) is -0.702. The Bertz CT molecular complexity index is 886. The van der Waals surface area contributed by atoms with Crippen molar-refractivity contribution in [3.05, 3.63) is 56.6 Å². The van der Waals surface area contributed by atoms with Gasteiger partial charge in [0.25, 0.3) is 0 Å². The van der Waals surface area contributed by atoms with Crippen LogP contribution in [-0.4, -0.2) is 30.1 Å². The van der Waals surface area contributed by atoms with Crippen LogP contribution in [0.25, 0.3) is 0 Å². The number of benzene rings is 2. The molecule has 0 unspecified atom stereocenters. The third kappa shape index (κ3) is 5.29.